The van der Waals surface area contributed by atoms with E-state index in [2.05, 4.69) is 5.32 Å². The number of nitrogen functional groups attached to an aromatic ring is 1. The zero-order valence-electron chi connectivity index (χ0n) is 19.1. The highest BCUT2D eigenvalue weighted by molar-refractivity contribution is 6.03. The Morgan fingerprint density at radius 3 is 2.32 bits per heavy atom. The molecule has 0 radical (unpaired) electrons. The van der Waals surface area contributed by atoms with Gasteiger partial charge in [-0.05, 0) is 53.1 Å². The summed E-state index contributed by atoms with van der Waals surface area (Å²) in [5.74, 6) is -0.609. The Bertz CT molecular complexity index is 912. The number of hydrogen-bond acceptors (Lipinski definition) is 7. The smallest absolute Gasteiger partial charge is 0.332 e. The molecule has 0 bridgehead atoms. The molecule has 0 saturated carbocycles. The number of likely N-dealkylation sites (tertiary alicyclic amines) is 1. The van der Waals surface area contributed by atoms with Gasteiger partial charge >= 0.3 is 5.69 Å². The first-order chi connectivity index (χ1) is 14.6. The van der Waals surface area contributed by atoms with E-state index < -0.39 is 23.1 Å². The topological polar surface area (TPSA) is 129 Å². The molecule has 1 amide bonds. The van der Waals surface area contributed by atoms with Gasteiger partial charge in [0.05, 0.1) is 12.1 Å². The van der Waals surface area contributed by atoms with E-state index in [-0.39, 0.29) is 29.3 Å². The van der Waals surface area contributed by atoms with Crippen molar-refractivity contribution in [3.63, 3.8) is 0 Å². The number of carbonyl (C=O) groups is 2. The molecule has 3 N–H and O–H groups in total. The second-order valence-corrected chi connectivity index (χ2v) is 8.38. The van der Waals surface area contributed by atoms with Gasteiger partial charge in [0.15, 0.2) is 5.78 Å². The highest BCUT2D eigenvalue weighted by Crippen LogP contribution is 2.21. The van der Waals surface area contributed by atoms with Gasteiger partial charge in [0.1, 0.15) is 11.4 Å². The fourth-order valence-corrected chi connectivity index (χ4v) is 3.76. The van der Waals surface area contributed by atoms with Crippen molar-refractivity contribution in [2.75, 3.05) is 32.0 Å². The van der Waals surface area contributed by atoms with Crippen LogP contribution in [-0.4, -0.2) is 64.1 Å². The lowest BCUT2D eigenvalue weighted by Gasteiger charge is -2.34. The van der Waals surface area contributed by atoms with Crippen molar-refractivity contribution in [1.29, 1.82) is 0 Å². The molecule has 1 saturated heterocycles. The standard InChI is InChI=1S/C21H35N5O5/c1-13(2)31-12-6-9-23-19(28)15-7-10-26(11-8-15)14(3)17(27)16-18(22)24(4)21(30)25(5)20(16)29/h13-15H,6-12,22H2,1-5H3,(H,23,28). The molecule has 0 spiro atoms. The second-order valence-electron chi connectivity index (χ2n) is 8.38. The summed E-state index contributed by atoms with van der Waals surface area (Å²) in [5.41, 5.74) is 4.49. The molecule has 10 nitrogen and oxygen atoms in total. The van der Waals surface area contributed by atoms with E-state index in [1.54, 1.807) is 6.92 Å². The van der Waals surface area contributed by atoms with Gasteiger partial charge in [0.2, 0.25) is 5.91 Å². The number of ketones is 1. The molecule has 1 fully saturated rings. The van der Waals surface area contributed by atoms with Gasteiger partial charge in [0.25, 0.3) is 5.56 Å². The number of nitrogens with two attached hydrogens (primary N) is 1. The van der Waals surface area contributed by atoms with Crippen LogP contribution in [0.4, 0.5) is 5.82 Å². The van der Waals surface area contributed by atoms with Gasteiger partial charge in [-0.1, -0.05) is 0 Å². The van der Waals surface area contributed by atoms with E-state index in [0.717, 1.165) is 15.6 Å². The third-order valence-corrected chi connectivity index (χ3v) is 5.86. The number of hydrogen-bond donors (Lipinski definition) is 2. The van der Waals surface area contributed by atoms with Crippen LogP contribution >= 0.6 is 0 Å². The molecule has 1 unspecified atom stereocenters. The first-order valence-electron chi connectivity index (χ1n) is 10.8. The summed E-state index contributed by atoms with van der Waals surface area (Å²) in [5, 5.41) is 2.95. The maximum absolute atomic E-state index is 13.0. The molecule has 2 rings (SSSR count). The number of anilines is 1. The molecule has 31 heavy (non-hydrogen) atoms. The van der Waals surface area contributed by atoms with Crippen molar-refractivity contribution in [3.05, 3.63) is 26.4 Å². The Balaban J connectivity index is 1.93. The summed E-state index contributed by atoms with van der Waals surface area (Å²) >= 11 is 0. The average molecular weight is 438 g/mol. The summed E-state index contributed by atoms with van der Waals surface area (Å²) < 4.78 is 7.45. The largest absolute Gasteiger partial charge is 0.384 e. The van der Waals surface area contributed by atoms with Gasteiger partial charge in [-0.25, -0.2) is 4.79 Å². The highest BCUT2D eigenvalue weighted by atomic mass is 16.5. The number of nitrogens with one attached hydrogen (secondary N) is 1. The number of amides is 1. The van der Waals surface area contributed by atoms with E-state index in [9.17, 15) is 19.2 Å². The first kappa shape index (κ1) is 24.8. The number of rotatable bonds is 9. The van der Waals surface area contributed by atoms with Gasteiger partial charge in [-0.15, -0.1) is 0 Å². The van der Waals surface area contributed by atoms with Gasteiger partial charge in [0, 0.05) is 33.2 Å². The molecular formula is C21H35N5O5. The van der Waals surface area contributed by atoms with E-state index in [4.69, 9.17) is 10.5 Å². The van der Waals surface area contributed by atoms with Crippen molar-refractivity contribution >= 4 is 17.5 Å². The molecule has 0 aliphatic carbocycles. The SMILES string of the molecule is CC(C)OCCCNC(=O)C1CCN(C(C)C(=O)c2c(N)n(C)c(=O)n(C)c2=O)CC1. The van der Waals surface area contributed by atoms with Crippen molar-refractivity contribution in [1.82, 2.24) is 19.4 Å². The molecule has 10 heteroatoms. The number of aromatic nitrogens is 2. The van der Waals surface area contributed by atoms with Crippen LogP contribution in [0.2, 0.25) is 0 Å². The molecule has 1 aliphatic rings. The van der Waals surface area contributed by atoms with E-state index in [1.807, 2.05) is 18.7 Å². The zero-order valence-corrected chi connectivity index (χ0v) is 19.1. The maximum atomic E-state index is 13.0. The molecule has 1 atom stereocenters. The second kappa shape index (κ2) is 10.7. The molecular weight excluding hydrogens is 402 g/mol. The summed E-state index contributed by atoms with van der Waals surface area (Å²) in [6, 6.07) is -0.579. The van der Waals surface area contributed by atoms with Crippen LogP contribution in [0.15, 0.2) is 9.59 Å². The monoisotopic (exact) mass is 437 g/mol. The lowest BCUT2D eigenvalue weighted by atomic mass is 9.93. The third kappa shape index (κ3) is 5.82. The normalized spacial score (nSPS) is 16.5. The Hall–Kier alpha value is -2.46. The average Bonchev–Trinajstić information content (AvgIpc) is 2.75. The van der Waals surface area contributed by atoms with Gasteiger partial charge in [-0.2, -0.15) is 0 Å². The quantitative estimate of drug-likeness (QED) is 0.407. The van der Waals surface area contributed by atoms with Crippen molar-refractivity contribution in [2.24, 2.45) is 20.0 Å². The van der Waals surface area contributed by atoms with E-state index in [1.165, 1.54) is 14.1 Å². The van der Waals surface area contributed by atoms with Crippen LogP contribution in [0.3, 0.4) is 0 Å². The molecule has 1 aliphatic heterocycles. The molecule has 1 aromatic heterocycles. The number of nitrogens with zero attached hydrogens (tertiary/aromatic N) is 3. The van der Waals surface area contributed by atoms with Gasteiger partial charge < -0.3 is 15.8 Å². The van der Waals surface area contributed by atoms with Crippen molar-refractivity contribution in [3.8, 4) is 0 Å². The Labute approximate surface area is 182 Å². The Morgan fingerprint density at radius 1 is 1.13 bits per heavy atom. The van der Waals surface area contributed by atoms with Gasteiger partial charge in [-0.3, -0.25) is 28.4 Å². The third-order valence-electron chi connectivity index (χ3n) is 5.86. The lowest BCUT2D eigenvalue weighted by Crippen LogP contribution is -2.49. The van der Waals surface area contributed by atoms with Crippen molar-refractivity contribution < 1.29 is 14.3 Å². The molecule has 0 aromatic carbocycles. The minimum atomic E-state index is -0.687. The minimum Gasteiger partial charge on any atom is -0.384 e. The van der Waals surface area contributed by atoms with Crippen molar-refractivity contribution in [2.45, 2.75) is 52.2 Å². The summed E-state index contributed by atoms with van der Waals surface area (Å²) in [7, 11) is 2.75. The highest BCUT2D eigenvalue weighted by Gasteiger charge is 2.32. The van der Waals surface area contributed by atoms with Crippen LogP contribution in [0.5, 0.6) is 0 Å². The predicted octanol–water partition coefficient (Wildman–Crippen LogP) is -0.119. The maximum Gasteiger partial charge on any atom is 0.332 e. The Morgan fingerprint density at radius 2 is 1.74 bits per heavy atom. The predicted molar refractivity (Wildman–Crippen MR) is 118 cm³/mol. The van der Waals surface area contributed by atoms with Crippen LogP contribution in [0, 0.1) is 5.92 Å². The molecule has 1 aromatic rings. The van der Waals surface area contributed by atoms with Crippen LogP contribution in [0.1, 0.15) is 50.4 Å². The van der Waals surface area contributed by atoms with Crippen LogP contribution in [0.25, 0.3) is 0 Å². The van der Waals surface area contributed by atoms with Crippen LogP contribution in [-0.2, 0) is 23.6 Å². The number of ether oxygens (including phenoxy) is 1. The molecule has 2 heterocycles. The first-order valence-corrected chi connectivity index (χ1v) is 10.8. The number of Topliss-reactive ketones (excluding diaryl/α,β-unsaturated/α-hetero) is 1. The summed E-state index contributed by atoms with van der Waals surface area (Å²) in [6.07, 6.45) is 2.21. The van der Waals surface area contributed by atoms with E-state index >= 15 is 0 Å². The summed E-state index contributed by atoms with van der Waals surface area (Å²) in [4.78, 5) is 51.8. The number of piperidine rings is 1. The minimum absolute atomic E-state index is 0.0272. The number of carbonyl (C=O) groups excluding carboxylic acids is 2. The zero-order chi connectivity index (χ0) is 23.3. The Kier molecular flexibility index (Phi) is 8.58. The summed E-state index contributed by atoms with van der Waals surface area (Å²) in [6.45, 7) is 7.99. The fourth-order valence-electron chi connectivity index (χ4n) is 3.76. The van der Waals surface area contributed by atoms with Crippen LogP contribution < -0.4 is 22.3 Å². The van der Waals surface area contributed by atoms with E-state index in [0.29, 0.717) is 39.1 Å². The molecule has 174 valence electrons. The lowest BCUT2D eigenvalue weighted by molar-refractivity contribution is -0.126. The fraction of sp³-hybridized carbons (Fsp3) is 0.714.